The molecule has 0 aliphatic carbocycles. The van der Waals surface area contributed by atoms with Crippen molar-refractivity contribution in [2.24, 2.45) is 0 Å². The van der Waals surface area contributed by atoms with Crippen LogP contribution in [-0.2, 0) is 6.42 Å². The molecule has 0 heterocycles. The first kappa shape index (κ1) is 16.8. The lowest BCUT2D eigenvalue weighted by Crippen LogP contribution is -2.06. The molecule has 0 saturated carbocycles. The van der Waals surface area contributed by atoms with Gasteiger partial charge in [-0.25, -0.2) is 0 Å². The molecule has 0 aliphatic rings. The molecule has 2 N–H and O–H groups in total. The zero-order valence-corrected chi connectivity index (χ0v) is 13.7. The van der Waals surface area contributed by atoms with Crippen molar-refractivity contribution in [1.82, 2.24) is 0 Å². The zero-order chi connectivity index (χ0) is 17.8. The maximum Gasteiger partial charge on any atom is 0.126 e. The quantitative estimate of drug-likeness (QED) is 0.677. The summed E-state index contributed by atoms with van der Waals surface area (Å²) >= 11 is 0. The van der Waals surface area contributed by atoms with Crippen LogP contribution in [0.2, 0.25) is 0 Å². The average molecular weight is 336 g/mol. The Morgan fingerprint density at radius 3 is 2.44 bits per heavy atom. The molecule has 5 heteroatoms. The van der Waals surface area contributed by atoms with Gasteiger partial charge in [-0.2, -0.15) is 0 Å². The average Bonchev–Trinajstić information content (AvgIpc) is 2.62. The van der Waals surface area contributed by atoms with Gasteiger partial charge in [0.1, 0.15) is 11.5 Å². The second kappa shape index (κ2) is 7.25. The summed E-state index contributed by atoms with van der Waals surface area (Å²) in [5.41, 5.74) is 3.77. The molecule has 128 valence electrons. The molecule has 0 radical (unpaired) electrons. The van der Waals surface area contributed by atoms with Crippen molar-refractivity contribution in [2.75, 3.05) is 12.3 Å². The molecule has 3 rings (SSSR count). The largest absolute Gasteiger partial charge is 0.733 e. The first-order valence-corrected chi connectivity index (χ1v) is 7.78. The Kier molecular flexibility index (Phi) is 4.88. The van der Waals surface area contributed by atoms with Gasteiger partial charge < -0.3 is 20.3 Å². The van der Waals surface area contributed by atoms with Gasteiger partial charge in [-0.3, -0.25) is 5.21 Å². The van der Waals surface area contributed by atoms with Gasteiger partial charge in [0.2, 0.25) is 0 Å². The maximum absolute atomic E-state index is 11.1. The highest BCUT2D eigenvalue weighted by atomic mass is 16.8. The molecule has 5 nitrogen and oxygen atoms in total. The van der Waals surface area contributed by atoms with Crippen molar-refractivity contribution >= 4 is 5.69 Å². The number of hydrogen-bond acceptors (Lipinski definition) is 5. The number of benzene rings is 3. The first-order valence-electron chi connectivity index (χ1n) is 7.78. The van der Waals surface area contributed by atoms with Crippen LogP contribution in [0.25, 0.3) is 11.1 Å². The number of anilines is 1. The lowest BCUT2D eigenvalue weighted by atomic mass is 9.98. The van der Waals surface area contributed by atoms with E-state index in [1.165, 1.54) is 6.07 Å². The summed E-state index contributed by atoms with van der Waals surface area (Å²) in [5.74, 6) is 0.907. The molecule has 0 fully saturated rings. The Bertz CT molecular complexity index is 877. The normalized spacial score (nSPS) is 10.5. The van der Waals surface area contributed by atoms with Crippen LogP contribution in [-0.4, -0.2) is 17.4 Å². The van der Waals surface area contributed by atoms with Gasteiger partial charge in [-0.15, -0.1) is 0 Å². The number of methoxy groups -OCH3 is 1. The second-order valence-corrected chi connectivity index (χ2v) is 5.70. The van der Waals surface area contributed by atoms with E-state index in [1.54, 1.807) is 31.4 Å². The summed E-state index contributed by atoms with van der Waals surface area (Å²) in [6.45, 7) is 0. The molecule has 0 spiro atoms. The topological polar surface area (TPSA) is 76.0 Å². The van der Waals surface area contributed by atoms with E-state index in [2.05, 4.69) is 0 Å². The maximum atomic E-state index is 11.1. The highest BCUT2D eigenvalue weighted by Crippen LogP contribution is 2.33. The summed E-state index contributed by atoms with van der Waals surface area (Å²) in [6.07, 6.45) is 0.652. The summed E-state index contributed by atoms with van der Waals surface area (Å²) < 4.78 is 5.43. The summed E-state index contributed by atoms with van der Waals surface area (Å²) in [6, 6.07) is 19.6. The Morgan fingerprint density at radius 2 is 1.72 bits per heavy atom. The summed E-state index contributed by atoms with van der Waals surface area (Å²) in [4.78, 5) is 0. The third-order valence-electron chi connectivity index (χ3n) is 3.96. The standard InChI is InChI=1S/C20H18NO4/c1-25-20-9-8-15(10-14-4-2-7-18(22)11-14)12-19(20)16-5-3-6-17(13-16)21(23)24/h2-9,11-13,22-23H,10H2,1H3/q-1. The molecule has 0 saturated heterocycles. The van der Waals surface area contributed by atoms with Crippen molar-refractivity contribution in [1.29, 1.82) is 0 Å². The number of rotatable bonds is 5. The third kappa shape index (κ3) is 3.91. The molecule has 0 aliphatic heterocycles. The Balaban J connectivity index is 1.99. The van der Waals surface area contributed by atoms with E-state index in [1.807, 2.05) is 36.4 Å². The van der Waals surface area contributed by atoms with Crippen LogP contribution in [0, 0.1) is 5.21 Å². The highest BCUT2D eigenvalue weighted by molar-refractivity contribution is 5.74. The van der Waals surface area contributed by atoms with E-state index in [0.29, 0.717) is 12.2 Å². The van der Waals surface area contributed by atoms with E-state index in [-0.39, 0.29) is 16.7 Å². The Labute approximate surface area is 145 Å². The lowest BCUT2D eigenvalue weighted by molar-refractivity contribution is 0.296. The SMILES string of the molecule is COc1ccc(Cc2cccc(O)c2)cc1-c1cccc(N([O-])O)c1. The number of nitrogens with zero attached hydrogens (tertiary/aromatic N) is 1. The predicted octanol–water partition coefficient (Wildman–Crippen LogP) is 4.35. The van der Waals surface area contributed by atoms with Gasteiger partial charge in [0.25, 0.3) is 0 Å². The third-order valence-corrected chi connectivity index (χ3v) is 3.96. The van der Waals surface area contributed by atoms with Crippen molar-refractivity contribution in [3.63, 3.8) is 0 Å². The van der Waals surface area contributed by atoms with Gasteiger partial charge in [-0.1, -0.05) is 30.3 Å². The lowest BCUT2D eigenvalue weighted by Gasteiger charge is -2.22. The minimum atomic E-state index is -0.160. The predicted molar refractivity (Wildman–Crippen MR) is 97.0 cm³/mol. The minimum absolute atomic E-state index is 0.151. The smallest absolute Gasteiger partial charge is 0.126 e. The molecular formula is C20H18NO4-. The van der Waals surface area contributed by atoms with Crippen LogP contribution in [0.15, 0.2) is 66.7 Å². The number of aromatic hydroxyl groups is 1. The van der Waals surface area contributed by atoms with E-state index >= 15 is 0 Å². The fourth-order valence-corrected chi connectivity index (χ4v) is 2.79. The molecule has 25 heavy (non-hydrogen) atoms. The Hall–Kier alpha value is -3.02. The van der Waals surface area contributed by atoms with Crippen molar-refractivity contribution in [3.05, 3.63) is 83.1 Å². The van der Waals surface area contributed by atoms with Crippen molar-refractivity contribution in [3.8, 4) is 22.6 Å². The Morgan fingerprint density at radius 1 is 0.960 bits per heavy atom. The molecule has 0 bridgehead atoms. The fourth-order valence-electron chi connectivity index (χ4n) is 2.79. The fraction of sp³-hybridized carbons (Fsp3) is 0.100. The molecular weight excluding hydrogens is 318 g/mol. The van der Waals surface area contributed by atoms with E-state index in [4.69, 9.17) is 9.94 Å². The van der Waals surface area contributed by atoms with Crippen molar-refractivity contribution < 1.29 is 15.1 Å². The van der Waals surface area contributed by atoms with E-state index in [0.717, 1.165) is 22.3 Å². The number of ether oxygens (including phenoxy) is 1. The van der Waals surface area contributed by atoms with Crippen LogP contribution in [0.3, 0.4) is 0 Å². The molecule has 3 aromatic rings. The molecule has 0 aromatic heterocycles. The van der Waals surface area contributed by atoms with Gasteiger partial charge in [0, 0.05) is 5.56 Å². The minimum Gasteiger partial charge on any atom is -0.733 e. The van der Waals surface area contributed by atoms with Crippen LogP contribution in [0.4, 0.5) is 5.69 Å². The summed E-state index contributed by atoms with van der Waals surface area (Å²) in [5, 5.41) is 29.7. The van der Waals surface area contributed by atoms with E-state index in [9.17, 15) is 10.3 Å². The van der Waals surface area contributed by atoms with Gasteiger partial charge in [-0.05, 0) is 59.5 Å². The van der Waals surface area contributed by atoms with E-state index < -0.39 is 0 Å². The van der Waals surface area contributed by atoms with Crippen molar-refractivity contribution in [2.45, 2.75) is 6.42 Å². The van der Waals surface area contributed by atoms with Gasteiger partial charge >= 0.3 is 0 Å². The van der Waals surface area contributed by atoms with Crippen LogP contribution < -0.4 is 9.96 Å². The molecule has 0 atom stereocenters. The molecule has 0 amide bonds. The summed E-state index contributed by atoms with van der Waals surface area (Å²) in [7, 11) is 1.59. The van der Waals surface area contributed by atoms with Crippen LogP contribution in [0.5, 0.6) is 11.5 Å². The number of phenolic OH excluding ortho intramolecular Hbond substituents is 1. The number of hydrogen-bond donors (Lipinski definition) is 2. The molecule has 0 unspecified atom stereocenters. The zero-order valence-electron chi connectivity index (χ0n) is 13.7. The van der Waals surface area contributed by atoms with Crippen LogP contribution in [0.1, 0.15) is 11.1 Å². The first-order chi connectivity index (χ1) is 12.1. The van der Waals surface area contributed by atoms with Crippen LogP contribution >= 0.6 is 0 Å². The van der Waals surface area contributed by atoms with Gasteiger partial charge in [0.05, 0.1) is 12.8 Å². The highest BCUT2D eigenvalue weighted by Gasteiger charge is 2.09. The monoisotopic (exact) mass is 336 g/mol. The molecule has 3 aromatic carbocycles. The van der Waals surface area contributed by atoms with Gasteiger partial charge in [0.15, 0.2) is 0 Å². The second-order valence-electron chi connectivity index (χ2n) is 5.70. The number of phenols is 1.